The maximum atomic E-state index is 13.1. The Morgan fingerprint density at radius 1 is 1.32 bits per heavy atom. The standard InChI is InChI=1S/C21H25N3O2S2/c1-11(2)10-28-20-23-18-17(19(26)24-20)16(14-6-5-7-27-14)15-12(22-18)8-21(3,4)9-13(15)25/h5-7,11,16H,8-10H2,1-4H3,(H2,22,23,24,26). The van der Waals surface area contributed by atoms with Crippen LogP contribution in [0, 0.1) is 11.3 Å². The number of Topliss-reactive ketones (excluding diaryl/α,β-unsaturated/α-hetero) is 1. The minimum atomic E-state index is -0.338. The molecule has 1 aliphatic carbocycles. The van der Waals surface area contributed by atoms with E-state index in [1.807, 2.05) is 17.5 Å². The third-order valence-electron chi connectivity index (χ3n) is 5.08. The first-order valence-corrected chi connectivity index (χ1v) is 11.5. The number of hydrogen-bond acceptors (Lipinski definition) is 6. The Hall–Kier alpha value is -1.86. The Bertz CT molecular complexity index is 1000. The minimum absolute atomic E-state index is 0.100. The van der Waals surface area contributed by atoms with Crippen molar-refractivity contribution in [2.45, 2.75) is 51.6 Å². The van der Waals surface area contributed by atoms with E-state index in [0.717, 1.165) is 28.3 Å². The molecule has 1 atom stereocenters. The second-order valence-electron chi connectivity index (χ2n) is 8.74. The lowest BCUT2D eigenvalue weighted by Crippen LogP contribution is -2.36. The van der Waals surface area contributed by atoms with Gasteiger partial charge in [0.15, 0.2) is 10.9 Å². The molecule has 0 spiro atoms. The summed E-state index contributed by atoms with van der Waals surface area (Å²) in [7, 11) is 0. The molecule has 5 nitrogen and oxygen atoms in total. The predicted molar refractivity (Wildman–Crippen MR) is 115 cm³/mol. The summed E-state index contributed by atoms with van der Waals surface area (Å²) in [5, 5.41) is 5.98. The summed E-state index contributed by atoms with van der Waals surface area (Å²) in [5.41, 5.74) is 1.96. The average Bonchev–Trinajstić information content (AvgIpc) is 3.11. The van der Waals surface area contributed by atoms with Crippen molar-refractivity contribution in [3.05, 3.63) is 49.6 Å². The number of thiophene rings is 1. The van der Waals surface area contributed by atoms with E-state index in [0.29, 0.717) is 28.9 Å². The lowest BCUT2D eigenvalue weighted by molar-refractivity contribution is -0.118. The maximum absolute atomic E-state index is 13.1. The number of anilines is 1. The molecule has 3 heterocycles. The number of ketones is 1. The summed E-state index contributed by atoms with van der Waals surface area (Å²) >= 11 is 3.13. The van der Waals surface area contributed by atoms with Crippen LogP contribution in [0.4, 0.5) is 5.82 Å². The van der Waals surface area contributed by atoms with Crippen LogP contribution in [-0.2, 0) is 4.79 Å². The Kier molecular flexibility index (Phi) is 5.00. The molecular weight excluding hydrogens is 390 g/mol. The number of allylic oxidation sites excluding steroid dienone is 2. The fourth-order valence-electron chi connectivity index (χ4n) is 3.95. The molecule has 0 bridgehead atoms. The highest BCUT2D eigenvalue weighted by atomic mass is 32.2. The molecule has 0 saturated carbocycles. The number of aromatic nitrogens is 2. The van der Waals surface area contributed by atoms with Gasteiger partial charge in [-0.3, -0.25) is 9.59 Å². The normalized spacial score (nSPS) is 20.8. The van der Waals surface area contributed by atoms with Crippen LogP contribution in [0.15, 0.2) is 38.7 Å². The van der Waals surface area contributed by atoms with E-state index < -0.39 is 0 Å². The zero-order valence-corrected chi connectivity index (χ0v) is 18.2. The monoisotopic (exact) mass is 415 g/mol. The van der Waals surface area contributed by atoms with Crippen molar-refractivity contribution in [2.75, 3.05) is 11.1 Å². The number of fused-ring (bicyclic) bond motifs is 1. The number of nitrogens with zero attached hydrogens (tertiary/aromatic N) is 1. The number of carbonyl (C=O) groups is 1. The summed E-state index contributed by atoms with van der Waals surface area (Å²) in [6.45, 7) is 8.51. The highest BCUT2D eigenvalue weighted by Crippen LogP contribution is 2.48. The summed E-state index contributed by atoms with van der Waals surface area (Å²) < 4.78 is 0. The lowest BCUT2D eigenvalue weighted by Gasteiger charge is -2.38. The average molecular weight is 416 g/mol. The number of carbonyl (C=O) groups excluding carboxylic acids is 1. The van der Waals surface area contributed by atoms with Crippen molar-refractivity contribution in [1.29, 1.82) is 0 Å². The van der Waals surface area contributed by atoms with Crippen molar-refractivity contribution in [3.63, 3.8) is 0 Å². The third kappa shape index (κ3) is 3.57. The van der Waals surface area contributed by atoms with Gasteiger partial charge in [0, 0.05) is 28.3 Å². The topological polar surface area (TPSA) is 74.8 Å². The molecule has 7 heteroatoms. The van der Waals surface area contributed by atoms with Crippen LogP contribution in [0.2, 0.25) is 0 Å². The molecule has 2 aromatic heterocycles. The summed E-state index contributed by atoms with van der Waals surface area (Å²) in [5.74, 6) is 1.77. The molecule has 0 amide bonds. The zero-order chi connectivity index (χ0) is 20.1. The molecule has 4 rings (SSSR count). The molecule has 1 aliphatic heterocycles. The van der Waals surface area contributed by atoms with Gasteiger partial charge in [-0.2, -0.15) is 0 Å². The fraction of sp³-hybridized carbons (Fsp3) is 0.476. The second-order valence-corrected chi connectivity index (χ2v) is 10.7. The van der Waals surface area contributed by atoms with Crippen LogP contribution in [0.3, 0.4) is 0 Å². The Morgan fingerprint density at radius 2 is 2.11 bits per heavy atom. The SMILES string of the molecule is CC(C)CSc1nc2c(c(=O)[nH]1)C(c1cccs1)C1=C(CC(C)(C)CC1=O)N2. The Morgan fingerprint density at radius 3 is 2.79 bits per heavy atom. The molecule has 148 valence electrons. The summed E-state index contributed by atoms with van der Waals surface area (Å²) in [6, 6.07) is 3.97. The maximum Gasteiger partial charge on any atom is 0.257 e. The first kappa shape index (κ1) is 19.5. The van der Waals surface area contributed by atoms with Gasteiger partial charge >= 0.3 is 0 Å². The van der Waals surface area contributed by atoms with Crippen LogP contribution in [0.1, 0.15) is 56.9 Å². The second kappa shape index (κ2) is 7.19. The molecule has 0 aromatic carbocycles. The summed E-state index contributed by atoms with van der Waals surface area (Å²) in [6.07, 6.45) is 1.27. The van der Waals surface area contributed by atoms with Crippen LogP contribution in [0.25, 0.3) is 0 Å². The third-order valence-corrected chi connectivity index (χ3v) is 7.32. The molecule has 2 aliphatic rings. The summed E-state index contributed by atoms with van der Waals surface area (Å²) in [4.78, 5) is 34.8. The first-order chi connectivity index (χ1) is 13.2. The lowest BCUT2D eigenvalue weighted by atomic mass is 9.70. The van der Waals surface area contributed by atoms with Crippen molar-refractivity contribution >= 4 is 34.7 Å². The number of hydrogen-bond donors (Lipinski definition) is 2. The highest BCUT2D eigenvalue weighted by molar-refractivity contribution is 7.99. The van der Waals surface area contributed by atoms with E-state index in [1.54, 1.807) is 23.1 Å². The van der Waals surface area contributed by atoms with Gasteiger partial charge in [-0.05, 0) is 29.2 Å². The van der Waals surface area contributed by atoms with E-state index in [-0.39, 0.29) is 22.7 Å². The van der Waals surface area contributed by atoms with Crippen molar-refractivity contribution < 1.29 is 4.79 Å². The first-order valence-electron chi connectivity index (χ1n) is 9.59. The van der Waals surface area contributed by atoms with E-state index in [4.69, 9.17) is 4.98 Å². The number of rotatable bonds is 4. The number of aromatic amines is 1. The minimum Gasteiger partial charge on any atom is -0.343 e. The molecular formula is C21H25N3O2S2. The van der Waals surface area contributed by atoms with Gasteiger partial charge in [0.05, 0.1) is 11.5 Å². The quantitative estimate of drug-likeness (QED) is 0.555. The molecule has 0 radical (unpaired) electrons. The largest absolute Gasteiger partial charge is 0.343 e. The number of nitrogens with one attached hydrogen (secondary N) is 2. The van der Waals surface area contributed by atoms with Crippen molar-refractivity contribution in [2.24, 2.45) is 11.3 Å². The van der Waals surface area contributed by atoms with Crippen molar-refractivity contribution in [3.8, 4) is 0 Å². The molecule has 28 heavy (non-hydrogen) atoms. The van der Waals surface area contributed by atoms with E-state index >= 15 is 0 Å². The number of H-pyrrole nitrogens is 1. The smallest absolute Gasteiger partial charge is 0.257 e. The molecule has 2 aromatic rings. The molecule has 1 unspecified atom stereocenters. The Labute approximate surface area is 173 Å². The molecule has 0 fully saturated rings. The Balaban J connectivity index is 1.85. The zero-order valence-electron chi connectivity index (χ0n) is 16.6. The van der Waals surface area contributed by atoms with Gasteiger partial charge in [0.25, 0.3) is 5.56 Å². The van der Waals surface area contributed by atoms with Gasteiger partial charge in [0.2, 0.25) is 0 Å². The number of thioether (sulfide) groups is 1. The van der Waals surface area contributed by atoms with Crippen LogP contribution in [0.5, 0.6) is 0 Å². The molecule has 2 N–H and O–H groups in total. The predicted octanol–water partition coefficient (Wildman–Crippen LogP) is 4.78. The van der Waals surface area contributed by atoms with Crippen LogP contribution >= 0.6 is 23.1 Å². The van der Waals surface area contributed by atoms with Gasteiger partial charge in [-0.1, -0.05) is 45.5 Å². The van der Waals surface area contributed by atoms with Gasteiger partial charge in [-0.25, -0.2) is 4.98 Å². The van der Waals surface area contributed by atoms with E-state index in [1.165, 1.54) is 0 Å². The van der Waals surface area contributed by atoms with Crippen LogP contribution < -0.4 is 10.9 Å². The van der Waals surface area contributed by atoms with Crippen LogP contribution in [-0.4, -0.2) is 21.5 Å². The van der Waals surface area contributed by atoms with Gasteiger partial charge in [-0.15, -0.1) is 11.3 Å². The van der Waals surface area contributed by atoms with Crippen molar-refractivity contribution in [1.82, 2.24) is 9.97 Å². The highest BCUT2D eigenvalue weighted by Gasteiger charge is 2.42. The van der Waals surface area contributed by atoms with E-state index in [2.05, 4.69) is 38.0 Å². The van der Waals surface area contributed by atoms with Gasteiger partial charge in [0.1, 0.15) is 5.82 Å². The fourth-order valence-corrected chi connectivity index (χ4v) is 5.60. The van der Waals surface area contributed by atoms with E-state index in [9.17, 15) is 9.59 Å². The molecule has 0 saturated heterocycles. The van der Waals surface area contributed by atoms with Gasteiger partial charge < -0.3 is 10.3 Å².